The molecule has 0 aromatic heterocycles. The van der Waals surface area contributed by atoms with Crippen LogP contribution in [0.25, 0.3) is 0 Å². The van der Waals surface area contributed by atoms with E-state index in [9.17, 15) is 4.79 Å². The van der Waals surface area contributed by atoms with E-state index in [1.807, 2.05) is 32.3 Å². The molecule has 1 atom stereocenters. The van der Waals surface area contributed by atoms with Gasteiger partial charge < -0.3 is 14.5 Å². The molecule has 1 fully saturated rings. The summed E-state index contributed by atoms with van der Waals surface area (Å²) in [7, 11) is 5.77. The summed E-state index contributed by atoms with van der Waals surface area (Å²) >= 11 is 0. The van der Waals surface area contributed by atoms with Crippen molar-refractivity contribution >= 4 is 11.5 Å². The molecule has 1 aliphatic rings. The Kier molecular flexibility index (Phi) is 4.43. The highest BCUT2D eigenvalue weighted by molar-refractivity contribution is 5.81. The molecular weight excluding hydrogens is 240 g/mol. The molecule has 1 aromatic carbocycles. The molecule has 0 amide bonds. The molecule has 4 heteroatoms. The second kappa shape index (κ2) is 6.06. The Morgan fingerprint density at radius 3 is 2.89 bits per heavy atom. The molecule has 4 nitrogen and oxygen atoms in total. The normalized spacial score (nSPS) is 19.9. The first-order chi connectivity index (χ1) is 9.10. The van der Waals surface area contributed by atoms with Crippen LogP contribution in [0.4, 0.5) is 5.69 Å². The first kappa shape index (κ1) is 13.9. The summed E-state index contributed by atoms with van der Waals surface area (Å²) in [5, 5.41) is 0. The number of Topliss-reactive ketones (excluding diaryl/α,β-unsaturated/α-hetero) is 1. The van der Waals surface area contributed by atoms with Gasteiger partial charge in [-0.05, 0) is 26.2 Å². The van der Waals surface area contributed by atoms with Gasteiger partial charge in [0.15, 0.2) is 0 Å². The van der Waals surface area contributed by atoms with Crippen molar-refractivity contribution < 1.29 is 9.53 Å². The van der Waals surface area contributed by atoms with Gasteiger partial charge in [-0.2, -0.15) is 0 Å². The number of hydrogen-bond acceptors (Lipinski definition) is 4. The Morgan fingerprint density at radius 2 is 2.21 bits per heavy atom. The second-order valence-electron chi connectivity index (χ2n) is 5.30. The number of rotatable bonds is 4. The maximum Gasteiger partial charge on any atom is 0.136 e. The number of ketones is 1. The van der Waals surface area contributed by atoms with Crippen LogP contribution in [0.5, 0.6) is 5.75 Å². The van der Waals surface area contributed by atoms with E-state index in [2.05, 4.69) is 15.9 Å². The number of carbonyl (C=O) groups is 1. The van der Waals surface area contributed by atoms with Crippen LogP contribution in [0.15, 0.2) is 24.3 Å². The average Bonchev–Trinajstić information content (AvgIpc) is 2.38. The fourth-order valence-corrected chi connectivity index (χ4v) is 2.62. The van der Waals surface area contributed by atoms with Crippen LogP contribution >= 0.6 is 0 Å². The van der Waals surface area contributed by atoms with Crippen molar-refractivity contribution in [2.45, 2.75) is 18.9 Å². The molecule has 0 N–H and O–H groups in total. The molecule has 1 unspecified atom stereocenters. The lowest BCUT2D eigenvalue weighted by Crippen LogP contribution is -2.48. The number of methoxy groups -OCH3 is 1. The summed E-state index contributed by atoms with van der Waals surface area (Å²) in [6.45, 7) is 1.69. The minimum atomic E-state index is 0.253. The lowest BCUT2D eigenvalue weighted by atomic mass is 9.99. The molecule has 0 spiro atoms. The number of anilines is 1. The number of ether oxygens (including phenoxy) is 1. The quantitative estimate of drug-likeness (QED) is 0.828. The molecule has 0 saturated carbocycles. The number of likely N-dealkylation sites (N-methyl/N-ethyl adjacent to an activating group) is 1. The lowest BCUT2D eigenvalue weighted by Gasteiger charge is -2.38. The summed E-state index contributed by atoms with van der Waals surface area (Å²) in [5.74, 6) is 1.23. The topological polar surface area (TPSA) is 32.8 Å². The summed E-state index contributed by atoms with van der Waals surface area (Å²) in [4.78, 5) is 16.1. The van der Waals surface area contributed by atoms with Crippen molar-refractivity contribution in [2.75, 3.05) is 39.2 Å². The van der Waals surface area contributed by atoms with Crippen LogP contribution in [-0.4, -0.2) is 51.0 Å². The average molecular weight is 262 g/mol. The molecule has 0 radical (unpaired) electrons. The van der Waals surface area contributed by atoms with Crippen LogP contribution in [0.1, 0.15) is 12.8 Å². The standard InChI is InChI=1S/C15H22N2O2/c1-16(2)11-13-9-14(18)7-8-17(13)12-5-4-6-15(10-12)19-3/h4-6,10,13H,7-9,11H2,1-3H3. The van der Waals surface area contributed by atoms with Gasteiger partial charge in [-0.1, -0.05) is 6.07 Å². The molecule has 0 bridgehead atoms. The molecule has 1 aliphatic heterocycles. The summed E-state index contributed by atoms with van der Waals surface area (Å²) < 4.78 is 5.28. The Morgan fingerprint density at radius 1 is 1.42 bits per heavy atom. The monoisotopic (exact) mass is 262 g/mol. The van der Waals surface area contributed by atoms with Crippen LogP contribution in [-0.2, 0) is 4.79 Å². The molecular formula is C15H22N2O2. The zero-order valence-corrected chi connectivity index (χ0v) is 11.9. The van der Waals surface area contributed by atoms with Crippen molar-refractivity contribution in [2.24, 2.45) is 0 Å². The Labute approximate surface area is 115 Å². The van der Waals surface area contributed by atoms with Crippen molar-refractivity contribution in [1.29, 1.82) is 0 Å². The van der Waals surface area contributed by atoms with Crippen molar-refractivity contribution in [3.8, 4) is 5.75 Å². The maximum absolute atomic E-state index is 11.7. The zero-order valence-electron chi connectivity index (χ0n) is 11.9. The molecule has 1 saturated heterocycles. The first-order valence-corrected chi connectivity index (χ1v) is 6.67. The van der Waals surface area contributed by atoms with E-state index in [1.54, 1.807) is 7.11 Å². The van der Waals surface area contributed by atoms with Gasteiger partial charge in [-0.15, -0.1) is 0 Å². The molecule has 19 heavy (non-hydrogen) atoms. The highest BCUT2D eigenvalue weighted by atomic mass is 16.5. The van der Waals surface area contributed by atoms with Gasteiger partial charge in [0.05, 0.1) is 7.11 Å². The SMILES string of the molecule is COc1cccc(N2CCC(=O)CC2CN(C)C)c1. The van der Waals surface area contributed by atoms with Crippen molar-refractivity contribution in [1.82, 2.24) is 4.90 Å². The van der Waals surface area contributed by atoms with Gasteiger partial charge in [0.25, 0.3) is 0 Å². The Hall–Kier alpha value is -1.55. The molecule has 2 rings (SSSR count). The number of benzene rings is 1. The van der Waals surface area contributed by atoms with E-state index in [0.717, 1.165) is 24.5 Å². The highest BCUT2D eigenvalue weighted by Gasteiger charge is 2.27. The number of carbonyl (C=O) groups excluding carboxylic acids is 1. The van der Waals surface area contributed by atoms with Gasteiger partial charge in [-0.3, -0.25) is 4.79 Å². The van der Waals surface area contributed by atoms with E-state index >= 15 is 0 Å². The van der Waals surface area contributed by atoms with E-state index in [0.29, 0.717) is 18.6 Å². The van der Waals surface area contributed by atoms with Gasteiger partial charge in [0.2, 0.25) is 0 Å². The summed E-state index contributed by atoms with van der Waals surface area (Å²) in [6.07, 6.45) is 1.27. The molecule has 104 valence electrons. The van der Waals surface area contributed by atoms with Crippen LogP contribution in [0.3, 0.4) is 0 Å². The number of piperidine rings is 1. The minimum absolute atomic E-state index is 0.253. The fourth-order valence-electron chi connectivity index (χ4n) is 2.62. The van der Waals surface area contributed by atoms with Crippen LogP contribution in [0, 0.1) is 0 Å². The van der Waals surface area contributed by atoms with Gasteiger partial charge in [0.1, 0.15) is 11.5 Å². The third-order valence-electron chi connectivity index (χ3n) is 3.50. The van der Waals surface area contributed by atoms with E-state index in [1.165, 1.54) is 0 Å². The lowest BCUT2D eigenvalue weighted by molar-refractivity contribution is -0.120. The van der Waals surface area contributed by atoms with E-state index < -0.39 is 0 Å². The third-order valence-corrected chi connectivity index (χ3v) is 3.50. The predicted octanol–water partition coefficient (Wildman–Crippen LogP) is 1.79. The molecule has 1 heterocycles. The highest BCUT2D eigenvalue weighted by Crippen LogP contribution is 2.26. The fraction of sp³-hybridized carbons (Fsp3) is 0.533. The number of hydrogen-bond donors (Lipinski definition) is 0. The zero-order chi connectivity index (χ0) is 13.8. The van der Waals surface area contributed by atoms with Crippen molar-refractivity contribution in [3.63, 3.8) is 0 Å². The Balaban J connectivity index is 2.21. The summed E-state index contributed by atoms with van der Waals surface area (Å²) in [5.41, 5.74) is 1.14. The van der Waals surface area contributed by atoms with Gasteiger partial charge in [0, 0.05) is 43.7 Å². The third kappa shape index (κ3) is 3.47. The molecule has 1 aromatic rings. The van der Waals surface area contributed by atoms with Crippen LogP contribution in [0.2, 0.25) is 0 Å². The smallest absolute Gasteiger partial charge is 0.136 e. The Bertz CT molecular complexity index is 446. The minimum Gasteiger partial charge on any atom is -0.497 e. The van der Waals surface area contributed by atoms with Crippen LogP contribution < -0.4 is 9.64 Å². The maximum atomic E-state index is 11.7. The largest absolute Gasteiger partial charge is 0.497 e. The second-order valence-corrected chi connectivity index (χ2v) is 5.30. The van der Waals surface area contributed by atoms with Crippen molar-refractivity contribution in [3.05, 3.63) is 24.3 Å². The first-order valence-electron chi connectivity index (χ1n) is 6.67. The predicted molar refractivity (Wildman–Crippen MR) is 76.9 cm³/mol. The van der Waals surface area contributed by atoms with E-state index in [-0.39, 0.29) is 6.04 Å². The van der Waals surface area contributed by atoms with Gasteiger partial charge >= 0.3 is 0 Å². The van der Waals surface area contributed by atoms with Gasteiger partial charge in [-0.25, -0.2) is 0 Å². The van der Waals surface area contributed by atoms with E-state index in [4.69, 9.17) is 4.74 Å². The molecule has 0 aliphatic carbocycles. The number of nitrogens with zero attached hydrogens (tertiary/aromatic N) is 2. The summed E-state index contributed by atoms with van der Waals surface area (Å²) in [6, 6.07) is 8.32.